The van der Waals surface area contributed by atoms with E-state index in [9.17, 15) is 57.5 Å². The van der Waals surface area contributed by atoms with Gasteiger partial charge in [0.25, 0.3) is 0 Å². The highest BCUT2D eigenvalue weighted by Crippen LogP contribution is 2.41. The van der Waals surface area contributed by atoms with Gasteiger partial charge in [-0.05, 0) is 231 Å². The van der Waals surface area contributed by atoms with Gasteiger partial charge in [-0.15, -0.1) is 0 Å². The van der Waals surface area contributed by atoms with Crippen LogP contribution in [0.5, 0.6) is 0 Å². The second-order valence-electron chi connectivity index (χ2n) is 26.8. The highest BCUT2D eigenvalue weighted by atomic mass is 16.6. The molecular weight excluding hydrogens is 1320 g/mol. The van der Waals surface area contributed by atoms with Crippen molar-refractivity contribution in [2.45, 2.75) is 315 Å². The molecule has 0 aromatic heterocycles. The summed E-state index contributed by atoms with van der Waals surface area (Å²) in [6.45, 7) is 7.96. The smallest absolute Gasteiger partial charge is 0.407 e. The molecule has 0 bridgehead atoms. The minimum atomic E-state index is -0.611. The number of hydrogen-bond acceptors (Lipinski definition) is 24. The summed E-state index contributed by atoms with van der Waals surface area (Å²) in [6.07, 6.45) is 31.0. The molecule has 2 aliphatic carbocycles. The summed E-state index contributed by atoms with van der Waals surface area (Å²) in [4.78, 5) is 144. The fourth-order valence-electron chi connectivity index (χ4n) is 11.6. The molecule has 2 fully saturated rings. The monoisotopic (exact) mass is 1450 g/mol. The first-order valence-corrected chi connectivity index (χ1v) is 38.8. The Bertz CT molecular complexity index is 2360. The molecule has 2 saturated carbocycles. The summed E-state index contributed by atoms with van der Waals surface area (Å²) in [5.41, 5.74) is 0.276. The van der Waals surface area contributed by atoms with Crippen LogP contribution in [-0.4, -0.2) is 157 Å². The van der Waals surface area contributed by atoms with Crippen molar-refractivity contribution in [1.29, 1.82) is 0 Å². The Morgan fingerprint density at radius 3 is 0.784 bits per heavy atom. The minimum Gasteiger partial charge on any atom is -0.466 e. The van der Waals surface area contributed by atoms with E-state index in [-0.39, 0.29) is 176 Å². The lowest BCUT2D eigenvalue weighted by molar-refractivity contribution is -0.153. The molecule has 2 rings (SSSR count). The van der Waals surface area contributed by atoms with Crippen LogP contribution in [0.4, 0.5) is 4.79 Å². The summed E-state index contributed by atoms with van der Waals surface area (Å²) >= 11 is 0. The Morgan fingerprint density at radius 2 is 0.520 bits per heavy atom. The standard InChI is InChI=1S/C77H127NO24/c1-62(2)76(89)100-60-49-78-77(90)101-59-34-11-21-45-74(87)98-57-32-9-19-43-72(85)96-55-30-7-17-41-70(83)94-53-28-5-15-39-68(81)92-51-26-3-13-37-66(79)91-50-25-4-14-38-67(80)93-52-27-6-16-40-69(82)95-54-29-8-18-42-71(84)97-56-31-10-20-44-73(86)99-58-33-12-22-46-75(88)102-65-48-47-63-35-23-24-36-64(63)61-65/h63-65H,1,3-61H2,2H3,(H,78,90). The van der Waals surface area contributed by atoms with Crippen LogP contribution in [0.25, 0.3) is 0 Å². The van der Waals surface area contributed by atoms with Crippen LogP contribution < -0.4 is 5.32 Å². The molecule has 102 heavy (non-hydrogen) atoms. The maximum atomic E-state index is 12.3. The van der Waals surface area contributed by atoms with Gasteiger partial charge < -0.3 is 62.2 Å². The minimum absolute atomic E-state index is 0.0167. The molecule has 0 aromatic carbocycles. The maximum absolute atomic E-state index is 12.3. The lowest BCUT2D eigenvalue weighted by Crippen LogP contribution is -2.32. The van der Waals surface area contributed by atoms with E-state index in [1.54, 1.807) is 0 Å². The lowest BCUT2D eigenvalue weighted by Gasteiger charge is -2.38. The number of nitrogens with one attached hydrogen (secondary N) is 1. The van der Waals surface area contributed by atoms with Crippen LogP contribution in [0, 0.1) is 11.8 Å². The molecule has 25 nitrogen and oxygen atoms in total. The molecule has 0 radical (unpaired) electrons. The summed E-state index contributed by atoms with van der Waals surface area (Å²) in [5, 5.41) is 2.48. The fourth-order valence-corrected chi connectivity index (χ4v) is 11.6. The molecular formula is C77H127NO24. The number of unbranched alkanes of at least 4 members (excludes halogenated alkanes) is 20. The van der Waals surface area contributed by atoms with E-state index in [0.29, 0.717) is 193 Å². The summed E-state index contributed by atoms with van der Waals surface area (Å²) in [5.74, 6) is -1.57. The zero-order valence-electron chi connectivity index (χ0n) is 62.0. The first-order valence-electron chi connectivity index (χ1n) is 38.8. The molecule has 0 heterocycles. The number of rotatable bonds is 65. The van der Waals surface area contributed by atoms with E-state index in [4.69, 9.17) is 56.8 Å². The van der Waals surface area contributed by atoms with Crippen LogP contribution in [0.15, 0.2) is 12.2 Å². The van der Waals surface area contributed by atoms with E-state index in [1.165, 1.54) is 39.0 Å². The van der Waals surface area contributed by atoms with Crippen molar-refractivity contribution in [3.63, 3.8) is 0 Å². The Labute approximate surface area is 607 Å². The molecule has 3 atom stereocenters. The number of carbonyl (C=O) groups is 12. The molecule has 584 valence electrons. The molecule has 0 spiro atoms. The molecule has 0 aromatic rings. The summed E-state index contributed by atoms with van der Waals surface area (Å²) in [6, 6.07) is 0. The predicted octanol–water partition coefficient (Wildman–Crippen LogP) is 14.2. The first-order chi connectivity index (χ1) is 49.5. The largest absolute Gasteiger partial charge is 0.466 e. The average molecular weight is 1450 g/mol. The van der Waals surface area contributed by atoms with Crippen molar-refractivity contribution in [2.24, 2.45) is 11.8 Å². The van der Waals surface area contributed by atoms with Crippen molar-refractivity contribution in [3.8, 4) is 0 Å². The van der Waals surface area contributed by atoms with E-state index >= 15 is 0 Å². The predicted molar refractivity (Wildman–Crippen MR) is 378 cm³/mol. The van der Waals surface area contributed by atoms with E-state index in [0.717, 1.165) is 63.2 Å². The zero-order valence-corrected chi connectivity index (χ0v) is 62.0. The Hall–Kier alpha value is -6.82. The molecule has 1 amide bonds. The molecule has 25 heteroatoms. The topological polar surface area (TPSA) is 328 Å². The second kappa shape index (κ2) is 63.8. The first kappa shape index (κ1) is 91.3. The molecule has 3 unspecified atom stereocenters. The second-order valence-corrected chi connectivity index (χ2v) is 26.8. The SMILES string of the molecule is C=C(C)C(=O)OCCNC(=O)OCCCCCC(=O)OCCCCCC(=O)OCCCCCC(=O)OCCCCCC(=O)OCCCCCC(=O)OCCCCCC(=O)OCCCCCC(=O)OCCCCCC(=O)OCCCCCC(=O)OCCCCCC(=O)OC1CCC2CCCCC2C1. The summed E-state index contributed by atoms with van der Waals surface area (Å²) in [7, 11) is 0. The summed E-state index contributed by atoms with van der Waals surface area (Å²) < 4.78 is 63.4. The third-order valence-electron chi connectivity index (χ3n) is 17.6. The van der Waals surface area contributed by atoms with Crippen LogP contribution >= 0.6 is 0 Å². The fraction of sp³-hybridized carbons (Fsp3) is 0.818. The van der Waals surface area contributed by atoms with Crippen molar-refractivity contribution in [2.75, 3.05) is 79.2 Å². The van der Waals surface area contributed by atoms with Crippen LogP contribution in [0.3, 0.4) is 0 Å². The van der Waals surface area contributed by atoms with Gasteiger partial charge in [0.05, 0.1) is 72.6 Å². The van der Waals surface area contributed by atoms with E-state index < -0.39 is 12.1 Å². The molecule has 0 saturated heterocycles. The van der Waals surface area contributed by atoms with Gasteiger partial charge in [-0.2, -0.15) is 0 Å². The normalized spacial score (nSPS) is 14.5. The highest BCUT2D eigenvalue weighted by Gasteiger charge is 2.33. The van der Waals surface area contributed by atoms with Crippen LogP contribution in [0.1, 0.15) is 309 Å². The number of amides is 1. The van der Waals surface area contributed by atoms with Gasteiger partial charge in [0.2, 0.25) is 0 Å². The molecule has 1 N–H and O–H groups in total. The lowest BCUT2D eigenvalue weighted by atomic mass is 9.70. The third kappa shape index (κ3) is 56.7. The van der Waals surface area contributed by atoms with Gasteiger partial charge in [0, 0.05) is 69.8 Å². The Kier molecular flexibility index (Phi) is 57.1. The zero-order chi connectivity index (χ0) is 74.1. The third-order valence-corrected chi connectivity index (χ3v) is 17.6. The number of esters is 11. The maximum Gasteiger partial charge on any atom is 0.407 e. The number of fused-ring (bicyclic) bond motifs is 1. The van der Waals surface area contributed by atoms with Gasteiger partial charge in [-0.1, -0.05) is 32.3 Å². The molecule has 2 aliphatic rings. The van der Waals surface area contributed by atoms with Crippen LogP contribution in [0.2, 0.25) is 0 Å². The van der Waals surface area contributed by atoms with Crippen molar-refractivity contribution in [3.05, 3.63) is 12.2 Å². The van der Waals surface area contributed by atoms with E-state index in [2.05, 4.69) is 11.9 Å². The van der Waals surface area contributed by atoms with Gasteiger partial charge >= 0.3 is 71.8 Å². The number of ether oxygens (including phenoxy) is 12. The van der Waals surface area contributed by atoms with E-state index in [1.807, 2.05) is 0 Å². The Morgan fingerprint density at radius 1 is 0.275 bits per heavy atom. The highest BCUT2D eigenvalue weighted by molar-refractivity contribution is 5.87. The number of hydrogen-bond donors (Lipinski definition) is 1. The number of alkyl carbamates (subject to hydrolysis) is 1. The Balaban J connectivity index is 1.23. The van der Waals surface area contributed by atoms with Crippen molar-refractivity contribution in [1.82, 2.24) is 5.32 Å². The van der Waals surface area contributed by atoms with Gasteiger partial charge in [0.15, 0.2) is 0 Å². The quantitative estimate of drug-likeness (QED) is 0.0256. The molecule has 0 aliphatic heterocycles. The average Bonchev–Trinajstić information content (AvgIpc) is 0.847. The van der Waals surface area contributed by atoms with Crippen LogP contribution in [-0.2, 0) is 110 Å². The van der Waals surface area contributed by atoms with Crippen molar-refractivity contribution < 1.29 is 114 Å². The number of carbonyl (C=O) groups excluding carboxylic acids is 12. The van der Waals surface area contributed by atoms with Gasteiger partial charge in [0.1, 0.15) is 12.7 Å². The van der Waals surface area contributed by atoms with Crippen molar-refractivity contribution >= 4 is 71.8 Å². The van der Waals surface area contributed by atoms with Gasteiger partial charge in [-0.25, -0.2) is 9.59 Å². The van der Waals surface area contributed by atoms with Gasteiger partial charge in [-0.3, -0.25) is 47.9 Å².